The van der Waals surface area contributed by atoms with E-state index < -0.39 is 6.10 Å². The second kappa shape index (κ2) is 7.60. The Morgan fingerprint density at radius 3 is 2.33 bits per heavy atom. The summed E-state index contributed by atoms with van der Waals surface area (Å²) in [6, 6.07) is 25.7. The predicted molar refractivity (Wildman–Crippen MR) is 110 cm³/mol. The van der Waals surface area contributed by atoms with Gasteiger partial charge in [-0.1, -0.05) is 65.9 Å². The Morgan fingerprint density at radius 2 is 1.59 bits per heavy atom. The molecule has 1 heterocycles. The smallest absolute Gasteiger partial charge is 0.266 e. The van der Waals surface area contributed by atoms with E-state index in [1.807, 2.05) is 66.7 Å². The third-order valence-corrected chi connectivity index (χ3v) is 5.12. The van der Waals surface area contributed by atoms with E-state index in [1.54, 1.807) is 6.92 Å². The second-order valence-electron chi connectivity index (χ2n) is 6.13. The third-order valence-electron chi connectivity index (χ3n) is 4.17. The highest BCUT2D eigenvalue weighted by atomic mass is 32.1. The Bertz CT molecular complexity index is 1030. The molecule has 4 rings (SSSR count). The summed E-state index contributed by atoms with van der Waals surface area (Å²) >= 11 is 1.45. The number of hydrogen-bond donors (Lipinski definition) is 1. The van der Waals surface area contributed by atoms with Crippen LogP contribution in [0.15, 0.2) is 78.9 Å². The molecule has 0 saturated heterocycles. The molecule has 1 unspecified atom stereocenters. The monoisotopic (exact) mass is 374 g/mol. The standard InChI is InChI=1S/C22H18N2O2S/c1-15(21(25)24-22-23-19-9-5-6-10-20(19)27-22)26-18-13-11-17(12-14-18)16-7-3-2-4-8-16/h2-15H,1H3,(H,23,24,25). The number of para-hydroxylation sites is 1. The summed E-state index contributed by atoms with van der Waals surface area (Å²) in [6.45, 7) is 1.73. The Balaban J connectivity index is 1.40. The van der Waals surface area contributed by atoms with Gasteiger partial charge in [0.05, 0.1) is 10.2 Å². The minimum Gasteiger partial charge on any atom is -0.481 e. The number of anilines is 1. The molecule has 0 bridgehead atoms. The van der Waals surface area contributed by atoms with Crippen LogP contribution in [0.5, 0.6) is 5.75 Å². The molecule has 0 radical (unpaired) electrons. The van der Waals surface area contributed by atoms with E-state index in [9.17, 15) is 4.79 Å². The zero-order valence-corrected chi connectivity index (χ0v) is 15.6. The fraction of sp³-hybridized carbons (Fsp3) is 0.0909. The summed E-state index contributed by atoms with van der Waals surface area (Å²) in [5, 5.41) is 3.41. The number of thiazole rings is 1. The van der Waals surface area contributed by atoms with Crippen molar-refractivity contribution in [3.05, 3.63) is 78.9 Å². The molecule has 4 nitrogen and oxygen atoms in total. The molecule has 27 heavy (non-hydrogen) atoms. The van der Waals surface area contributed by atoms with Crippen molar-refractivity contribution in [3.63, 3.8) is 0 Å². The maximum absolute atomic E-state index is 12.4. The number of nitrogens with zero attached hydrogens (tertiary/aromatic N) is 1. The number of carbonyl (C=O) groups is 1. The van der Waals surface area contributed by atoms with Crippen molar-refractivity contribution in [1.82, 2.24) is 4.98 Å². The minimum absolute atomic E-state index is 0.221. The van der Waals surface area contributed by atoms with Crippen molar-refractivity contribution in [2.45, 2.75) is 13.0 Å². The van der Waals surface area contributed by atoms with E-state index in [2.05, 4.69) is 22.4 Å². The molecule has 1 atom stereocenters. The van der Waals surface area contributed by atoms with Gasteiger partial charge in [-0.25, -0.2) is 4.98 Å². The quantitative estimate of drug-likeness (QED) is 0.511. The Hall–Kier alpha value is -3.18. The number of benzene rings is 3. The van der Waals surface area contributed by atoms with Crippen LogP contribution < -0.4 is 10.1 Å². The molecule has 5 heteroatoms. The van der Waals surface area contributed by atoms with Crippen LogP contribution in [-0.2, 0) is 4.79 Å². The predicted octanol–water partition coefficient (Wildman–Crippen LogP) is 5.37. The summed E-state index contributed by atoms with van der Waals surface area (Å²) in [5.41, 5.74) is 3.13. The van der Waals surface area contributed by atoms with Crippen molar-refractivity contribution < 1.29 is 9.53 Å². The van der Waals surface area contributed by atoms with Crippen LogP contribution in [0.3, 0.4) is 0 Å². The highest BCUT2D eigenvalue weighted by Gasteiger charge is 2.16. The van der Waals surface area contributed by atoms with Crippen LogP contribution in [0.25, 0.3) is 21.3 Å². The second-order valence-corrected chi connectivity index (χ2v) is 7.16. The van der Waals surface area contributed by atoms with Gasteiger partial charge in [0.1, 0.15) is 5.75 Å². The largest absolute Gasteiger partial charge is 0.481 e. The molecule has 0 aliphatic rings. The number of fused-ring (bicyclic) bond motifs is 1. The maximum Gasteiger partial charge on any atom is 0.266 e. The molecular weight excluding hydrogens is 356 g/mol. The van der Waals surface area contributed by atoms with Gasteiger partial charge in [0.2, 0.25) is 0 Å². The highest BCUT2D eigenvalue weighted by Crippen LogP contribution is 2.26. The van der Waals surface area contributed by atoms with Crippen molar-refractivity contribution >= 4 is 32.6 Å². The lowest BCUT2D eigenvalue weighted by Gasteiger charge is -2.14. The van der Waals surface area contributed by atoms with Gasteiger partial charge in [-0.05, 0) is 42.3 Å². The average Bonchev–Trinajstić information content (AvgIpc) is 3.11. The number of rotatable bonds is 5. The zero-order valence-electron chi connectivity index (χ0n) is 14.8. The van der Waals surface area contributed by atoms with Gasteiger partial charge in [0, 0.05) is 0 Å². The van der Waals surface area contributed by atoms with Crippen molar-refractivity contribution in [2.75, 3.05) is 5.32 Å². The average molecular weight is 374 g/mol. The van der Waals surface area contributed by atoms with Crippen molar-refractivity contribution in [1.29, 1.82) is 0 Å². The summed E-state index contributed by atoms with van der Waals surface area (Å²) < 4.78 is 6.82. The van der Waals surface area contributed by atoms with Gasteiger partial charge in [-0.3, -0.25) is 10.1 Å². The van der Waals surface area contributed by atoms with Gasteiger partial charge >= 0.3 is 0 Å². The summed E-state index contributed by atoms with van der Waals surface area (Å²) in [6.07, 6.45) is -0.625. The highest BCUT2D eigenvalue weighted by molar-refractivity contribution is 7.22. The first-order valence-electron chi connectivity index (χ1n) is 8.67. The zero-order chi connectivity index (χ0) is 18.6. The molecule has 0 aliphatic heterocycles. The molecule has 0 fully saturated rings. The van der Waals surface area contributed by atoms with E-state index in [1.165, 1.54) is 11.3 Å². The van der Waals surface area contributed by atoms with Crippen LogP contribution in [0.2, 0.25) is 0 Å². The molecule has 1 aromatic heterocycles. The van der Waals surface area contributed by atoms with Crippen LogP contribution in [0.1, 0.15) is 6.92 Å². The van der Waals surface area contributed by atoms with Gasteiger partial charge < -0.3 is 4.74 Å². The number of carbonyl (C=O) groups excluding carboxylic acids is 1. The number of aromatic nitrogens is 1. The van der Waals surface area contributed by atoms with Gasteiger partial charge in [-0.15, -0.1) is 0 Å². The van der Waals surface area contributed by atoms with Crippen molar-refractivity contribution in [2.24, 2.45) is 0 Å². The van der Waals surface area contributed by atoms with Crippen LogP contribution in [0.4, 0.5) is 5.13 Å². The number of amides is 1. The summed E-state index contributed by atoms with van der Waals surface area (Å²) in [7, 11) is 0. The molecule has 0 aliphatic carbocycles. The van der Waals surface area contributed by atoms with E-state index >= 15 is 0 Å². The molecular formula is C22H18N2O2S. The molecule has 1 N–H and O–H groups in total. The molecule has 3 aromatic carbocycles. The van der Waals surface area contributed by atoms with E-state index in [-0.39, 0.29) is 5.91 Å². The minimum atomic E-state index is -0.625. The van der Waals surface area contributed by atoms with Crippen LogP contribution in [-0.4, -0.2) is 17.0 Å². The fourth-order valence-electron chi connectivity index (χ4n) is 2.75. The van der Waals surface area contributed by atoms with E-state index in [0.717, 1.165) is 21.3 Å². The molecule has 1 amide bonds. The third kappa shape index (κ3) is 3.99. The number of hydrogen-bond acceptors (Lipinski definition) is 4. The lowest BCUT2D eigenvalue weighted by Crippen LogP contribution is -2.30. The fourth-order valence-corrected chi connectivity index (χ4v) is 3.62. The van der Waals surface area contributed by atoms with Crippen LogP contribution in [0, 0.1) is 0 Å². The number of nitrogens with one attached hydrogen (secondary N) is 1. The van der Waals surface area contributed by atoms with E-state index in [0.29, 0.717) is 10.9 Å². The summed E-state index contributed by atoms with van der Waals surface area (Å²) in [4.78, 5) is 16.8. The Morgan fingerprint density at radius 1 is 0.926 bits per heavy atom. The maximum atomic E-state index is 12.4. The molecule has 134 valence electrons. The van der Waals surface area contributed by atoms with Crippen LogP contribution >= 0.6 is 11.3 Å². The van der Waals surface area contributed by atoms with E-state index in [4.69, 9.17) is 4.74 Å². The van der Waals surface area contributed by atoms with Gasteiger partial charge in [0.15, 0.2) is 11.2 Å². The van der Waals surface area contributed by atoms with Crippen molar-refractivity contribution in [3.8, 4) is 16.9 Å². The molecule has 0 saturated carbocycles. The van der Waals surface area contributed by atoms with Gasteiger partial charge in [0.25, 0.3) is 5.91 Å². The Kier molecular flexibility index (Phi) is 4.85. The lowest BCUT2D eigenvalue weighted by molar-refractivity contribution is -0.122. The first-order chi connectivity index (χ1) is 13.2. The number of ether oxygens (including phenoxy) is 1. The SMILES string of the molecule is CC(Oc1ccc(-c2ccccc2)cc1)C(=O)Nc1nc2ccccc2s1. The normalized spacial score (nSPS) is 11.9. The first-order valence-corrected chi connectivity index (χ1v) is 9.49. The topological polar surface area (TPSA) is 51.2 Å². The Labute approximate surface area is 161 Å². The molecule has 0 spiro atoms. The first kappa shape index (κ1) is 17.2. The van der Waals surface area contributed by atoms with Gasteiger partial charge in [-0.2, -0.15) is 0 Å². The summed E-state index contributed by atoms with van der Waals surface area (Å²) in [5.74, 6) is 0.433. The molecule has 4 aromatic rings. The lowest BCUT2D eigenvalue weighted by atomic mass is 10.1.